The van der Waals surface area contributed by atoms with Gasteiger partial charge in [0.05, 0.1) is 4.92 Å². The maximum absolute atomic E-state index is 12.0. The van der Waals surface area contributed by atoms with Gasteiger partial charge in [0, 0.05) is 6.07 Å². The van der Waals surface area contributed by atoms with Gasteiger partial charge in [-0.05, 0) is 11.6 Å². The molecule has 0 aliphatic heterocycles. The van der Waals surface area contributed by atoms with Crippen LogP contribution in [0, 0.1) is 10.1 Å². The second-order valence-electron chi connectivity index (χ2n) is 4.15. The van der Waals surface area contributed by atoms with Gasteiger partial charge in [0.1, 0.15) is 11.7 Å². The molecule has 102 valence electrons. The van der Waals surface area contributed by atoms with Gasteiger partial charge in [0.2, 0.25) is 5.91 Å². The van der Waals surface area contributed by atoms with Gasteiger partial charge >= 0.3 is 0 Å². The number of nitro groups is 1. The molecule has 6 heteroatoms. The van der Waals surface area contributed by atoms with E-state index in [1.807, 2.05) is 6.07 Å². The zero-order valence-corrected chi connectivity index (χ0v) is 10.5. The minimum Gasteiger partial charge on any atom is -0.319 e. The van der Waals surface area contributed by atoms with Crippen LogP contribution in [-0.4, -0.2) is 10.8 Å². The molecule has 1 amide bonds. The van der Waals surface area contributed by atoms with Crippen molar-refractivity contribution in [1.82, 2.24) is 0 Å². The second kappa shape index (κ2) is 5.94. The van der Waals surface area contributed by atoms with Crippen LogP contribution in [0.2, 0.25) is 0 Å². The number of hydrogen-bond acceptors (Lipinski definition) is 4. The van der Waals surface area contributed by atoms with Gasteiger partial charge in [-0.1, -0.05) is 42.5 Å². The Kier molecular flexibility index (Phi) is 4.07. The zero-order chi connectivity index (χ0) is 14.5. The first-order valence-corrected chi connectivity index (χ1v) is 5.94. The summed E-state index contributed by atoms with van der Waals surface area (Å²) >= 11 is 0. The minimum absolute atomic E-state index is 0.133. The molecule has 1 atom stereocenters. The van der Waals surface area contributed by atoms with Gasteiger partial charge < -0.3 is 11.1 Å². The number of carbonyl (C=O) groups excluding carboxylic acids is 1. The highest BCUT2D eigenvalue weighted by Gasteiger charge is 2.19. The fraction of sp³-hybridized carbons (Fsp3) is 0.0714. The van der Waals surface area contributed by atoms with Crippen LogP contribution in [0.3, 0.4) is 0 Å². The summed E-state index contributed by atoms with van der Waals surface area (Å²) < 4.78 is 0. The molecule has 0 bridgehead atoms. The quantitative estimate of drug-likeness (QED) is 0.658. The van der Waals surface area contributed by atoms with Gasteiger partial charge in [-0.2, -0.15) is 0 Å². The number of anilines is 1. The molecule has 6 nitrogen and oxygen atoms in total. The van der Waals surface area contributed by atoms with E-state index in [-0.39, 0.29) is 11.4 Å². The molecule has 0 heterocycles. The Hall–Kier alpha value is -2.73. The summed E-state index contributed by atoms with van der Waals surface area (Å²) in [5.41, 5.74) is 6.44. The van der Waals surface area contributed by atoms with Crippen LogP contribution in [0.4, 0.5) is 11.4 Å². The third kappa shape index (κ3) is 2.99. The Morgan fingerprint density at radius 1 is 1.10 bits per heavy atom. The lowest BCUT2D eigenvalue weighted by atomic mass is 10.1. The Labute approximate surface area is 115 Å². The fourth-order valence-electron chi connectivity index (χ4n) is 1.76. The van der Waals surface area contributed by atoms with Crippen LogP contribution >= 0.6 is 0 Å². The number of carbonyl (C=O) groups is 1. The summed E-state index contributed by atoms with van der Waals surface area (Å²) in [5, 5.41) is 13.4. The Morgan fingerprint density at radius 2 is 1.70 bits per heavy atom. The van der Waals surface area contributed by atoms with Crippen LogP contribution in [0.1, 0.15) is 11.6 Å². The smallest absolute Gasteiger partial charge is 0.292 e. The van der Waals surface area contributed by atoms with Crippen molar-refractivity contribution in [2.45, 2.75) is 6.04 Å². The van der Waals surface area contributed by atoms with Gasteiger partial charge in [-0.15, -0.1) is 0 Å². The summed E-state index contributed by atoms with van der Waals surface area (Å²) in [4.78, 5) is 22.3. The van der Waals surface area contributed by atoms with Crippen molar-refractivity contribution < 1.29 is 9.72 Å². The van der Waals surface area contributed by atoms with E-state index < -0.39 is 16.9 Å². The van der Waals surface area contributed by atoms with Crippen molar-refractivity contribution in [1.29, 1.82) is 0 Å². The predicted molar refractivity (Wildman–Crippen MR) is 75.1 cm³/mol. The molecule has 0 saturated carbocycles. The summed E-state index contributed by atoms with van der Waals surface area (Å²) in [6.07, 6.45) is 0. The van der Waals surface area contributed by atoms with E-state index in [0.717, 1.165) is 0 Å². The van der Waals surface area contributed by atoms with Crippen molar-refractivity contribution in [3.63, 3.8) is 0 Å². The first-order chi connectivity index (χ1) is 9.59. The molecule has 0 saturated heterocycles. The first kappa shape index (κ1) is 13.7. The van der Waals surface area contributed by atoms with Crippen molar-refractivity contribution in [2.24, 2.45) is 5.73 Å². The molecule has 0 aliphatic carbocycles. The highest BCUT2D eigenvalue weighted by Crippen LogP contribution is 2.24. The van der Waals surface area contributed by atoms with Crippen LogP contribution in [0.15, 0.2) is 54.6 Å². The van der Waals surface area contributed by atoms with Crippen LogP contribution in [0.25, 0.3) is 0 Å². The lowest BCUT2D eigenvalue weighted by Crippen LogP contribution is -2.27. The van der Waals surface area contributed by atoms with Crippen molar-refractivity contribution in [3.8, 4) is 0 Å². The van der Waals surface area contributed by atoms with E-state index in [4.69, 9.17) is 5.73 Å². The van der Waals surface area contributed by atoms with E-state index in [1.165, 1.54) is 18.2 Å². The van der Waals surface area contributed by atoms with E-state index in [9.17, 15) is 14.9 Å². The number of benzene rings is 2. The summed E-state index contributed by atoms with van der Waals surface area (Å²) in [6.45, 7) is 0. The van der Waals surface area contributed by atoms with Gasteiger partial charge in [-0.25, -0.2) is 0 Å². The number of rotatable bonds is 4. The Balaban J connectivity index is 2.18. The molecule has 0 aromatic heterocycles. The highest BCUT2D eigenvalue weighted by molar-refractivity contribution is 5.97. The largest absolute Gasteiger partial charge is 0.319 e. The summed E-state index contributed by atoms with van der Waals surface area (Å²) in [7, 11) is 0. The number of nitro benzene ring substituents is 1. The van der Waals surface area contributed by atoms with Crippen molar-refractivity contribution >= 4 is 17.3 Å². The van der Waals surface area contributed by atoms with Crippen molar-refractivity contribution in [2.75, 3.05) is 5.32 Å². The third-order valence-corrected chi connectivity index (χ3v) is 2.80. The molecular formula is C14H13N3O3. The monoisotopic (exact) mass is 271 g/mol. The zero-order valence-electron chi connectivity index (χ0n) is 10.5. The fourth-order valence-corrected chi connectivity index (χ4v) is 1.76. The molecule has 2 rings (SSSR count). The number of amides is 1. The lowest BCUT2D eigenvalue weighted by molar-refractivity contribution is -0.383. The topological polar surface area (TPSA) is 98.3 Å². The molecule has 0 spiro atoms. The number of nitrogens with two attached hydrogens (primary N) is 1. The molecule has 3 N–H and O–H groups in total. The van der Waals surface area contributed by atoms with E-state index >= 15 is 0 Å². The first-order valence-electron chi connectivity index (χ1n) is 5.94. The number of nitrogens with zero attached hydrogens (tertiary/aromatic N) is 1. The predicted octanol–water partition coefficient (Wildman–Crippen LogP) is 2.23. The average Bonchev–Trinajstić information content (AvgIpc) is 2.47. The highest BCUT2D eigenvalue weighted by atomic mass is 16.6. The molecule has 0 radical (unpaired) electrons. The van der Waals surface area contributed by atoms with Gasteiger partial charge in [-0.3, -0.25) is 14.9 Å². The standard InChI is InChI=1S/C14H13N3O3/c15-13(10-6-2-1-3-7-10)14(18)16-11-8-4-5-9-12(11)17(19)20/h1-9,13H,15H2,(H,16,18)/t13-/m0/s1. The molecule has 2 aromatic carbocycles. The lowest BCUT2D eigenvalue weighted by Gasteiger charge is -2.12. The number of nitrogens with one attached hydrogen (secondary N) is 1. The maximum atomic E-state index is 12.0. The molecule has 0 aliphatic rings. The van der Waals surface area contributed by atoms with Gasteiger partial charge in [0.15, 0.2) is 0 Å². The summed E-state index contributed by atoms with van der Waals surface area (Å²) in [6, 6.07) is 13.9. The molecule has 2 aromatic rings. The van der Waals surface area contributed by atoms with Crippen LogP contribution in [0.5, 0.6) is 0 Å². The molecule has 20 heavy (non-hydrogen) atoms. The van der Waals surface area contributed by atoms with Crippen molar-refractivity contribution in [3.05, 3.63) is 70.3 Å². The normalized spacial score (nSPS) is 11.7. The maximum Gasteiger partial charge on any atom is 0.292 e. The molecule has 0 fully saturated rings. The number of para-hydroxylation sites is 2. The van der Waals surface area contributed by atoms with Gasteiger partial charge in [0.25, 0.3) is 5.69 Å². The van der Waals surface area contributed by atoms with E-state index in [1.54, 1.807) is 30.3 Å². The third-order valence-electron chi connectivity index (χ3n) is 2.80. The molecular weight excluding hydrogens is 258 g/mol. The number of hydrogen-bond donors (Lipinski definition) is 2. The Bertz CT molecular complexity index is 629. The molecule has 0 unspecified atom stereocenters. The Morgan fingerprint density at radius 3 is 2.35 bits per heavy atom. The second-order valence-corrected chi connectivity index (χ2v) is 4.15. The van der Waals surface area contributed by atoms with E-state index in [2.05, 4.69) is 5.32 Å². The summed E-state index contributed by atoms with van der Waals surface area (Å²) in [5.74, 6) is -0.495. The average molecular weight is 271 g/mol. The van der Waals surface area contributed by atoms with Crippen LogP contribution in [-0.2, 0) is 4.79 Å². The van der Waals surface area contributed by atoms with E-state index in [0.29, 0.717) is 5.56 Å². The van der Waals surface area contributed by atoms with Crippen LogP contribution < -0.4 is 11.1 Å². The minimum atomic E-state index is -0.879. The SMILES string of the molecule is N[C@H](C(=O)Nc1ccccc1[N+](=O)[O-])c1ccccc1.